The molecule has 4 heteroatoms. The summed E-state index contributed by atoms with van der Waals surface area (Å²) in [5.41, 5.74) is 7.94. The van der Waals surface area contributed by atoms with Crippen molar-refractivity contribution in [3.8, 4) is 0 Å². The number of nitrogens with two attached hydrogens (primary N) is 1. The Morgan fingerprint density at radius 2 is 2.13 bits per heavy atom. The third kappa shape index (κ3) is 4.20. The summed E-state index contributed by atoms with van der Waals surface area (Å²) >= 11 is 3.46. The molecule has 3 nitrogen and oxygen atoms in total. The summed E-state index contributed by atoms with van der Waals surface area (Å²) in [5.74, 6) is 0. The highest BCUT2D eigenvalue weighted by Gasteiger charge is 2.01. The molecule has 0 aliphatic heterocycles. The molecule has 1 aromatic carbocycles. The van der Waals surface area contributed by atoms with Gasteiger partial charge >= 0.3 is 0 Å². The van der Waals surface area contributed by atoms with Crippen molar-refractivity contribution < 1.29 is 0 Å². The highest BCUT2D eigenvalue weighted by atomic mass is 79.9. The first-order valence-corrected chi connectivity index (χ1v) is 5.80. The summed E-state index contributed by atoms with van der Waals surface area (Å²) in [7, 11) is 4.12. The number of rotatable bonds is 5. The molecule has 0 fully saturated rings. The second-order valence-corrected chi connectivity index (χ2v) is 4.65. The van der Waals surface area contributed by atoms with E-state index in [2.05, 4.69) is 46.3 Å². The van der Waals surface area contributed by atoms with Gasteiger partial charge in [-0.3, -0.25) is 0 Å². The molecule has 1 rings (SSSR count). The smallest absolute Gasteiger partial charge is 0.0397 e. The van der Waals surface area contributed by atoms with E-state index in [0.717, 1.165) is 28.8 Å². The Hall–Kier alpha value is -0.580. The molecule has 1 aromatic rings. The van der Waals surface area contributed by atoms with Crippen LogP contribution in [0.15, 0.2) is 22.7 Å². The second-order valence-electron chi connectivity index (χ2n) is 3.74. The van der Waals surface area contributed by atoms with Gasteiger partial charge in [0.05, 0.1) is 0 Å². The highest BCUT2D eigenvalue weighted by Crippen LogP contribution is 2.20. The maximum Gasteiger partial charge on any atom is 0.0397 e. The second kappa shape index (κ2) is 6.10. The van der Waals surface area contributed by atoms with E-state index >= 15 is 0 Å². The number of nitrogens with one attached hydrogen (secondary N) is 1. The Kier molecular flexibility index (Phi) is 5.08. The molecule has 0 heterocycles. The Labute approximate surface area is 99.8 Å². The van der Waals surface area contributed by atoms with Gasteiger partial charge in [0.1, 0.15) is 0 Å². The topological polar surface area (TPSA) is 41.3 Å². The molecule has 0 saturated heterocycles. The first kappa shape index (κ1) is 12.5. The van der Waals surface area contributed by atoms with Crippen LogP contribution in [0.5, 0.6) is 0 Å². The van der Waals surface area contributed by atoms with Gasteiger partial charge in [0, 0.05) is 29.8 Å². The lowest BCUT2D eigenvalue weighted by molar-refractivity contribution is 0.425. The molecule has 0 saturated carbocycles. The summed E-state index contributed by atoms with van der Waals surface area (Å²) in [6.45, 7) is 2.50. The number of hydrogen-bond donors (Lipinski definition) is 2. The van der Waals surface area contributed by atoms with E-state index in [9.17, 15) is 0 Å². The maximum atomic E-state index is 5.67. The predicted molar refractivity (Wildman–Crippen MR) is 69.1 cm³/mol. The van der Waals surface area contributed by atoms with Gasteiger partial charge in [-0.1, -0.05) is 22.0 Å². The van der Waals surface area contributed by atoms with Crippen molar-refractivity contribution in [1.29, 1.82) is 0 Å². The van der Waals surface area contributed by atoms with Crippen molar-refractivity contribution in [2.24, 2.45) is 5.73 Å². The number of nitrogens with zero attached hydrogens (tertiary/aromatic N) is 1. The largest absolute Gasteiger partial charge is 0.383 e. The quantitative estimate of drug-likeness (QED) is 0.860. The number of likely N-dealkylation sites (N-methyl/N-ethyl adjacent to an activating group) is 1. The predicted octanol–water partition coefficient (Wildman–Crippen LogP) is 1.88. The monoisotopic (exact) mass is 271 g/mol. The van der Waals surface area contributed by atoms with Crippen LogP contribution in [0, 0.1) is 0 Å². The zero-order valence-corrected chi connectivity index (χ0v) is 10.8. The number of benzene rings is 1. The molecule has 84 valence electrons. The number of anilines is 1. The first-order chi connectivity index (χ1) is 7.13. The minimum Gasteiger partial charge on any atom is -0.383 e. The van der Waals surface area contributed by atoms with Crippen molar-refractivity contribution in [3.05, 3.63) is 28.2 Å². The van der Waals surface area contributed by atoms with Crippen molar-refractivity contribution in [2.45, 2.75) is 6.54 Å². The molecule has 0 bridgehead atoms. The minimum absolute atomic E-state index is 0.567. The fourth-order valence-corrected chi connectivity index (χ4v) is 1.67. The molecule has 15 heavy (non-hydrogen) atoms. The van der Waals surface area contributed by atoms with Crippen LogP contribution in [-0.4, -0.2) is 32.1 Å². The lowest BCUT2D eigenvalue weighted by Crippen LogP contribution is -2.21. The van der Waals surface area contributed by atoms with E-state index in [0.29, 0.717) is 6.54 Å². The first-order valence-electron chi connectivity index (χ1n) is 5.00. The highest BCUT2D eigenvalue weighted by molar-refractivity contribution is 9.10. The third-order valence-corrected chi connectivity index (χ3v) is 2.66. The van der Waals surface area contributed by atoms with Crippen LogP contribution in [0.2, 0.25) is 0 Å². The SMILES string of the molecule is CN(C)CCNc1cc(Br)ccc1CN. The number of halogens is 1. The zero-order chi connectivity index (χ0) is 11.3. The Morgan fingerprint density at radius 3 is 2.73 bits per heavy atom. The van der Waals surface area contributed by atoms with Gasteiger partial charge in [0.25, 0.3) is 0 Å². The van der Waals surface area contributed by atoms with E-state index in [1.165, 1.54) is 0 Å². The van der Waals surface area contributed by atoms with Crippen molar-refractivity contribution >= 4 is 21.6 Å². The van der Waals surface area contributed by atoms with Gasteiger partial charge in [0.2, 0.25) is 0 Å². The molecular weight excluding hydrogens is 254 g/mol. The summed E-state index contributed by atoms with van der Waals surface area (Å²) in [6, 6.07) is 6.12. The van der Waals surface area contributed by atoms with Crippen LogP contribution in [0.1, 0.15) is 5.56 Å². The minimum atomic E-state index is 0.567. The normalized spacial score (nSPS) is 10.7. The maximum absolute atomic E-state index is 5.67. The van der Waals surface area contributed by atoms with Gasteiger partial charge in [-0.25, -0.2) is 0 Å². The number of hydrogen-bond acceptors (Lipinski definition) is 3. The molecule has 0 aliphatic rings. The molecule has 0 radical (unpaired) electrons. The van der Waals surface area contributed by atoms with Crippen molar-refractivity contribution in [3.63, 3.8) is 0 Å². The Balaban J connectivity index is 2.62. The van der Waals surface area contributed by atoms with Gasteiger partial charge in [0.15, 0.2) is 0 Å². The van der Waals surface area contributed by atoms with Crippen molar-refractivity contribution in [1.82, 2.24) is 4.90 Å². The van der Waals surface area contributed by atoms with Crippen LogP contribution in [-0.2, 0) is 6.54 Å². The molecule has 0 atom stereocenters. The van der Waals surface area contributed by atoms with E-state index < -0.39 is 0 Å². The molecule has 0 unspecified atom stereocenters. The third-order valence-electron chi connectivity index (χ3n) is 2.17. The van der Waals surface area contributed by atoms with Crippen LogP contribution in [0.25, 0.3) is 0 Å². The average molecular weight is 272 g/mol. The van der Waals surface area contributed by atoms with Gasteiger partial charge in [-0.15, -0.1) is 0 Å². The summed E-state index contributed by atoms with van der Waals surface area (Å²) < 4.78 is 1.08. The average Bonchev–Trinajstić information content (AvgIpc) is 2.17. The fourth-order valence-electron chi connectivity index (χ4n) is 1.31. The molecule has 3 N–H and O–H groups in total. The lowest BCUT2D eigenvalue weighted by Gasteiger charge is -2.14. The fraction of sp³-hybridized carbons (Fsp3) is 0.455. The molecule has 0 aliphatic carbocycles. The van der Waals surface area contributed by atoms with Crippen LogP contribution in [0.3, 0.4) is 0 Å². The van der Waals surface area contributed by atoms with E-state index in [4.69, 9.17) is 5.73 Å². The Morgan fingerprint density at radius 1 is 1.40 bits per heavy atom. The van der Waals surface area contributed by atoms with Gasteiger partial charge in [-0.05, 0) is 31.8 Å². The van der Waals surface area contributed by atoms with E-state index in [1.54, 1.807) is 0 Å². The lowest BCUT2D eigenvalue weighted by atomic mass is 10.2. The van der Waals surface area contributed by atoms with Gasteiger partial charge < -0.3 is 16.0 Å². The Bertz CT molecular complexity index is 313. The summed E-state index contributed by atoms with van der Waals surface area (Å²) in [4.78, 5) is 2.15. The van der Waals surface area contributed by atoms with E-state index in [1.807, 2.05) is 12.1 Å². The standard InChI is InChI=1S/C11H18BrN3/c1-15(2)6-5-14-11-7-10(12)4-3-9(11)8-13/h3-4,7,14H,5-6,8,13H2,1-2H3. The van der Waals surface area contributed by atoms with Crippen molar-refractivity contribution in [2.75, 3.05) is 32.5 Å². The van der Waals surface area contributed by atoms with Gasteiger partial charge in [-0.2, -0.15) is 0 Å². The molecular formula is C11H18BrN3. The van der Waals surface area contributed by atoms with Crippen LogP contribution < -0.4 is 11.1 Å². The molecule has 0 spiro atoms. The molecule has 0 amide bonds. The summed E-state index contributed by atoms with van der Waals surface area (Å²) in [6.07, 6.45) is 0. The zero-order valence-electron chi connectivity index (χ0n) is 9.26. The summed E-state index contributed by atoms with van der Waals surface area (Å²) in [5, 5.41) is 3.38. The molecule has 0 aromatic heterocycles. The van der Waals surface area contributed by atoms with E-state index in [-0.39, 0.29) is 0 Å². The van der Waals surface area contributed by atoms with Crippen LogP contribution in [0.4, 0.5) is 5.69 Å². The van der Waals surface area contributed by atoms with Crippen LogP contribution >= 0.6 is 15.9 Å².